The predicted octanol–water partition coefficient (Wildman–Crippen LogP) is 1.27. The van der Waals surface area contributed by atoms with Crippen LogP contribution in [-0.2, 0) is 4.74 Å². The Kier molecular flexibility index (Phi) is 3.52. The lowest BCUT2D eigenvalue weighted by Gasteiger charge is -2.13. The van der Waals surface area contributed by atoms with Gasteiger partial charge in [-0.2, -0.15) is 0 Å². The Morgan fingerprint density at radius 2 is 2.28 bits per heavy atom. The number of hydrogen-bond donors (Lipinski definition) is 1. The highest BCUT2D eigenvalue weighted by molar-refractivity contribution is 5.71. The van der Waals surface area contributed by atoms with E-state index in [9.17, 15) is 4.39 Å². The standard InChI is InChI=1S/C11H14FN5O/c1-7(6-18-2)17-11(14-15-16-17)9-4-3-8(12)5-10(9)13/h3-5,7H,6,13H2,1-2H3. The van der Waals surface area contributed by atoms with Gasteiger partial charge in [0.15, 0.2) is 5.82 Å². The number of rotatable bonds is 4. The lowest BCUT2D eigenvalue weighted by molar-refractivity contribution is 0.156. The molecule has 1 aromatic heterocycles. The minimum atomic E-state index is -0.389. The van der Waals surface area contributed by atoms with E-state index in [2.05, 4.69) is 15.5 Å². The third-order valence-electron chi connectivity index (χ3n) is 2.57. The Bertz CT molecular complexity index is 542. The average molecular weight is 251 g/mol. The second-order valence-corrected chi connectivity index (χ2v) is 3.98. The molecule has 1 aromatic carbocycles. The SMILES string of the molecule is COCC(C)n1nnnc1-c1ccc(F)cc1N. The second-order valence-electron chi connectivity index (χ2n) is 3.98. The molecule has 6 nitrogen and oxygen atoms in total. The van der Waals surface area contributed by atoms with E-state index in [0.29, 0.717) is 23.7 Å². The molecule has 96 valence electrons. The molecule has 0 saturated heterocycles. The Morgan fingerprint density at radius 1 is 1.50 bits per heavy atom. The van der Waals surface area contributed by atoms with Gasteiger partial charge in [-0.25, -0.2) is 9.07 Å². The van der Waals surface area contributed by atoms with Gasteiger partial charge in [0.1, 0.15) is 5.82 Å². The van der Waals surface area contributed by atoms with Gasteiger partial charge in [-0.1, -0.05) is 0 Å². The zero-order chi connectivity index (χ0) is 13.1. The van der Waals surface area contributed by atoms with Crippen LogP contribution < -0.4 is 5.73 Å². The van der Waals surface area contributed by atoms with Crippen LogP contribution in [0.15, 0.2) is 18.2 Å². The molecule has 0 spiro atoms. The fourth-order valence-corrected chi connectivity index (χ4v) is 1.72. The fraction of sp³-hybridized carbons (Fsp3) is 0.364. The molecule has 0 aliphatic rings. The molecule has 2 aromatic rings. The molecular formula is C11H14FN5O. The van der Waals surface area contributed by atoms with Crippen LogP contribution in [0.4, 0.5) is 10.1 Å². The molecule has 1 heterocycles. The number of anilines is 1. The molecule has 7 heteroatoms. The largest absolute Gasteiger partial charge is 0.398 e. The predicted molar refractivity (Wildman–Crippen MR) is 64.2 cm³/mol. The van der Waals surface area contributed by atoms with Gasteiger partial charge in [0, 0.05) is 18.4 Å². The van der Waals surface area contributed by atoms with Crippen LogP contribution in [0.5, 0.6) is 0 Å². The van der Waals surface area contributed by atoms with Gasteiger partial charge in [0.25, 0.3) is 0 Å². The number of benzene rings is 1. The zero-order valence-corrected chi connectivity index (χ0v) is 10.2. The maximum absolute atomic E-state index is 13.0. The van der Waals surface area contributed by atoms with Crippen molar-refractivity contribution < 1.29 is 9.13 Å². The highest BCUT2D eigenvalue weighted by Crippen LogP contribution is 2.25. The second kappa shape index (κ2) is 5.09. The highest BCUT2D eigenvalue weighted by Gasteiger charge is 2.16. The summed E-state index contributed by atoms with van der Waals surface area (Å²) in [4.78, 5) is 0. The summed E-state index contributed by atoms with van der Waals surface area (Å²) in [5.41, 5.74) is 6.68. The van der Waals surface area contributed by atoms with Crippen LogP contribution >= 0.6 is 0 Å². The summed E-state index contributed by atoms with van der Waals surface area (Å²) in [5.74, 6) is 0.109. The maximum atomic E-state index is 13.0. The minimum Gasteiger partial charge on any atom is -0.398 e. The first-order valence-electron chi connectivity index (χ1n) is 5.45. The van der Waals surface area contributed by atoms with Gasteiger partial charge in [-0.15, -0.1) is 5.10 Å². The lowest BCUT2D eigenvalue weighted by Crippen LogP contribution is -2.14. The van der Waals surface area contributed by atoms with E-state index in [1.54, 1.807) is 17.9 Å². The van der Waals surface area contributed by atoms with E-state index in [1.807, 2.05) is 6.92 Å². The van der Waals surface area contributed by atoms with E-state index in [-0.39, 0.29) is 11.9 Å². The van der Waals surface area contributed by atoms with Gasteiger partial charge >= 0.3 is 0 Å². The number of hydrogen-bond acceptors (Lipinski definition) is 5. The Hall–Kier alpha value is -2.02. The van der Waals surface area contributed by atoms with Crippen LogP contribution in [0, 0.1) is 5.82 Å². The van der Waals surface area contributed by atoms with Crippen molar-refractivity contribution in [3.8, 4) is 11.4 Å². The average Bonchev–Trinajstić information content (AvgIpc) is 2.78. The summed E-state index contributed by atoms with van der Waals surface area (Å²) in [6.45, 7) is 2.39. The van der Waals surface area contributed by atoms with Crippen molar-refractivity contribution in [1.29, 1.82) is 0 Å². The Morgan fingerprint density at radius 3 is 2.94 bits per heavy atom. The van der Waals surface area contributed by atoms with Crippen LogP contribution in [0.2, 0.25) is 0 Å². The summed E-state index contributed by atoms with van der Waals surface area (Å²) < 4.78 is 19.7. The first-order chi connectivity index (χ1) is 8.63. The molecule has 1 atom stereocenters. The number of nitrogens with two attached hydrogens (primary N) is 1. The number of ether oxygens (including phenoxy) is 1. The molecule has 1 unspecified atom stereocenters. The number of halogens is 1. The third-order valence-corrected chi connectivity index (χ3v) is 2.57. The van der Waals surface area contributed by atoms with Crippen molar-refractivity contribution in [3.63, 3.8) is 0 Å². The number of nitrogen functional groups attached to an aromatic ring is 1. The minimum absolute atomic E-state index is 0.0375. The number of nitrogens with zero attached hydrogens (tertiary/aromatic N) is 4. The normalized spacial score (nSPS) is 12.6. The summed E-state index contributed by atoms with van der Waals surface area (Å²) in [6.07, 6.45) is 0. The van der Waals surface area contributed by atoms with Crippen molar-refractivity contribution in [2.45, 2.75) is 13.0 Å². The quantitative estimate of drug-likeness (QED) is 0.828. The van der Waals surface area contributed by atoms with Crippen molar-refractivity contribution >= 4 is 5.69 Å². The van der Waals surface area contributed by atoms with Gasteiger partial charge in [0.2, 0.25) is 0 Å². The zero-order valence-electron chi connectivity index (χ0n) is 10.2. The van der Waals surface area contributed by atoms with E-state index in [0.717, 1.165) is 0 Å². The van der Waals surface area contributed by atoms with Crippen molar-refractivity contribution in [1.82, 2.24) is 20.2 Å². The number of tetrazole rings is 1. The first kappa shape index (κ1) is 12.4. The lowest BCUT2D eigenvalue weighted by atomic mass is 10.1. The van der Waals surface area contributed by atoms with Crippen LogP contribution in [0.25, 0.3) is 11.4 Å². The van der Waals surface area contributed by atoms with Gasteiger partial charge in [0.05, 0.1) is 12.6 Å². The van der Waals surface area contributed by atoms with E-state index in [1.165, 1.54) is 12.1 Å². The molecule has 0 saturated carbocycles. The van der Waals surface area contributed by atoms with Crippen molar-refractivity contribution in [2.75, 3.05) is 19.5 Å². The molecule has 0 radical (unpaired) electrons. The molecule has 18 heavy (non-hydrogen) atoms. The molecular weight excluding hydrogens is 237 g/mol. The molecule has 0 aliphatic carbocycles. The molecule has 0 aliphatic heterocycles. The van der Waals surface area contributed by atoms with Crippen LogP contribution in [0.3, 0.4) is 0 Å². The molecule has 2 N–H and O–H groups in total. The Balaban J connectivity index is 2.42. The van der Waals surface area contributed by atoms with Crippen molar-refractivity contribution in [2.24, 2.45) is 0 Å². The van der Waals surface area contributed by atoms with Crippen LogP contribution in [-0.4, -0.2) is 33.9 Å². The summed E-state index contributed by atoms with van der Waals surface area (Å²) in [5, 5.41) is 11.4. The molecule has 0 amide bonds. The van der Waals surface area contributed by atoms with E-state index < -0.39 is 0 Å². The van der Waals surface area contributed by atoms with E-state index >= 15 is 0 Å². The maximum Gasteiger partial charge on any atom is 0.184 e. The van der Waals surface area contributed by atoms with Gasteiger partial charge < -0.3 is 10.5 Å². The molecule has 2 rings (SSSR count). The highest BCUT2D eigenvalue weighted by atomic mass is 19.1. The summed E-state index contributed by atoms with van der Waals surface area (Å²) in [6, 6.07) is 4.09. The molecule has 0 fully saturated rings. The third kappa shape index (κ3) is 2.30. The monoisotopic (exact) mass is 251 g/mol. The van der Waals surface area contributed by atoms with Gasteiger partial charge in [-0.3, -0.25) is 0 Å². The summed E-state index contributed by atoms with van der Waals surface area (Å²) in [7, 11) is 1.60. The molecule has 0 bridgehead atoms. The topological polar surface area (TPSA) is 78.8 Å². The van der Waals surface area contributed by atoms with Crippen molar-refractivity contribution in [3.05, 3.63) is 24.0 Å². The van der Waals surface area contributed by atoms with E-state index in [4.69, 9.17) is 10.5 Å². The smallest absolute Gasteiger partial charge is 0.184 e. The number of aromatic nitrogens is 4. The number of methoxy groups -OCH3 is 1. The summed E-state index contributed by atoms with van der Waals surface area (Å²) >= 11 is 0. The fourth-order valence-electron chi connectivity index (χ4n) is 1.72. The van der Waals surface area contributed by atoms with Gasteiger partial charge in [-0.05, 0) is 35.5 Å². The van der Waals surface area contributed by atoms with Crippen LogP contribution in [0.1, 0.15) is 13.0 Å². The first-order valence-corrected chi connectivity index (χ1v) is 5.45. The Labute approximate surface area is 104 Å².